The molecule has 3 nitrogen and oxygen atoms in total. The Morgan fingerprint density at radius 2 is 1.74 bits per heavy atom. The Balaban J connectivity index is 2.25. The molecule has 0 bridgehead atoms. The van der Waals surface area contributed by atoms with E-state index < -0.39 is 17.5 Å². The van der Waals surface area contributed by atoms with Gasteiger partial charge in [0.05, 0.1) is 10.7 Å². The molecular weight excluding hydrogens is 276 g/mol. The number of phenols is 1. The summed E-state index contributed by atoms with van der Waals surface area (Å²) < 4.78 is 26.0. The minimum Gasteiger partial charge on any atom is -0.508 e. The molecule has 0 radical (unpaired) electrons. The fourth-order valence-electron chi connectivity index (χ4n) is 1.48. The Labute approximate surface area is 112 Å². The van der Waals surface area contributed by atoms with Crippen molar-refractivity contribution in [3.63, 3.8) is 0 Å². The molecule has 2 aromatic rings. The van der Waals surface area contributed by atoms with Crippen LogP contribution >= 0.6 is 11.6 Å². The second-order valence-electron chi connectivity index (χ2n) is 3.78. The zero-order valence-corrected chi connectivity index (χ0v) is 10.2. The summed E-state index contributed by atoms with van der Waals surface area (Å²) >= 11 is 5.80. The van der Waals surface area contributed by atoms with Crippen molar-refractivity contribution < 1.29 is 18.7 Å². The first-order valence-electron chi connectivity index (χ1n) is 5.21. The van der Waals surface area contributed by atoms with Crippen LogP contribution in [0.1, 0.15) is 10.4 Å². The molecule has 0 aliphatic rings. The minimum atomic E-state index is -0.845. The largest absolute Gasteiger partial charge is 0.508 e. The van der Waals surface area contributed by atoms with Crippen molar-refractivity contribution in [2.75, 3.05) is 5.32 Å². The fraction of sp³-hybridized carbons (Fsp3) is 0. The number of aromatic hydroxyl groups is 1. The van der Waals surface area contributed by atoms with E-state index in [4.69, 9.17) is 16.7 Å². The number of carbonyl (C=O) groups is 1. The number of carbonyl (C=O) groups excluding carboxylic acids is 1. The van der Waals surface area contributed by atoms with Crippen molar-refractivity contribution in [2.24, 2.45) is 0 Å². The first kappa shape index (κ1) is 13.3. The third-order valence-electron chi connectivity index (χ3n) is 2.33. The van der Waals surface area contributed by atoms with E-state index in [0.29, 0.717) is 6.07 Å². The monoisotopic (exact) mass is 283 g/mol. The third-order valence-corrected chi connectivity index (χ3v) is 2.64. The van der Waals surface area contributed by atoms with E-state index in [1.165, 1.54) is 18.2 Å². The fourth-order valence-corrected chi connectivity index (χ4v) is 1.71. The van der Waals surface area contributed by atoms with Crippen molar-refractivity contribution in [1.82, 2.24) is 0 Å². The van der Waals surface area contributed by atoms with E-state index in [1.807, 2.05) is 0 Å². The van der Waals surface area contributed by atoms with Crippen molar-refractivity contribution in [1.29, 1.82) is 0 Å². The van der Waals surface area contributed by atoms with Gasteiger partial charge in [-0.2, -0.15) is 0 Å². The van der Waals surface area contributed by atoms with Crippen molar-refractivity contribution in [3.05, 3.63) is 58.6 Å². The Morgan fingerprint density at radius 3 is 2.32 bits per heavy atom. The van der Waals surface area contributed by atoms with Crippen molar-refractivity contribution >= 4 is 23.2 Å². The smallest absolute Gasteiger partial charge is 0.255 e. The molecule has 0 saturated carbocycles. The molecule has 1 amide bonds. The number of anilines is 1. The SMILES string of the molecule is O=C(Nc1ccc(O)cc1Cl)c1cc(F)cc(F)c1. The quantitative estimate of drug-likeness (QED) is 0.828. The number of hydrogen-bond acceptors (Lipinski definition) is 2. The number of amides is 1. The van der Waals surface area contributed by atoms with Crippen LogP contribution in [0, 0.1) is 11.6 Å². The van der Waals surface area contributed by atoms with Crippen LogP contribution in [0.15, 0.2) is 36.4 Å². The summed E-state index contributed by atoms with van der Waals surface area (Å²) in [6.45, 7) is 0. The van der Waals surface area contributed by atoms with E-state index >= 15 is 0 Å². The first-order valence-corrected chi connectivity index (χ1v) is 5.59. The molecule has 0 aromatic heterocycles. The van der Waals surface area contributed by atoms with Gasteiger partial charge in [0.1, 0.15) is 17.4 Å². The van der Waals surface area contributed by atoms with Crippen LogP contribution in [0.5, 0.6) is 5.75 Å². The van der Waals surface area contributed by atoms with Gasteiger partial charge in [0.25, 0.3) is 5.91 Å². The standard InChI is InChI=1S/C13H8ClF2NO2/c14-11-6-10(18)1-2-12(11)17-13(19)7-3-8(15)5-9(16)4-7/h1-6,18H,(H,17,19). The lowest BCUT2D eigenvalue weighted by Gasteiger charge is -2.07. The first-order chi connectivity index (χ1) is 8.95. The van der Waals surface area contributed by atoms with Gasteiger partial charge in [0, 0.05) is 17.7 Å². The van der Waals surface area contributed by atoms with Crippen LogP contribution in [-0.2, 0) is 0 Å². The summed E-state index contributed by atoms with van der Waals surface area (Å²) in [5.74, 6) is -2.45. The zero-order valence-electron chi connectivity index (χ0n) is 9.45. The van der Waals surface area contributed by atoms with Gasteiger partial charge in [-0.25, -0.2) is 8.78 Å². The maximum atomic E-state index is 13.0. The molecule has 2 N–H and O–H groups in total. The topological polar surface area (TPSA) is 49.3 Å². The third kappa shape index (κ3) is 3.20. The summed E-state index contributed by atoms with van der Waals surface area (Å²) in [6, 6.07) is 6.44. The maximum Gasteiger partial charge on any atom is 0.255 e. The zero-order chi connectivity index (χ0) is 14.0. The van der Waals surface area contributed by atoms with Crippen LogP contribution < -0.4 is 5.32 Å². The lowest BCUT2D eigenvalue weighted by molar-refractivity contribution is 0.102. The second-order valence-corrected chi connectivity index (χ2v) is 4.18. The lowest BCUT2D eigenvalue weighted by Crippen LogP contribution is -2.12. The van der Waals surface area contributed by atoms with Gasteiger partial charge in [-0.05, 0) is 24.3 Å². The molecule has 19 heavy (non-hydrogen) atoms. The number of halogens is 3. The lowest BCUT2D eigenvalue weighted by atomic mass is 10.2. The Bertz CT molecular complexity index is 626. The van der Waals surface area contributed by atoms with Crippen LogP contribution in [-0.4, -0.2) is 11.0 Å². The second kappa shape index (κ2) is 5.24. The highest BCUT2D eigenvalue weighted by atomic mass is 35.5. The Kier molecular flexibility index (Phi) is 3.66. The number of benzene rings is 2. The van der Waals surface area contributed by atoms with Crippen LogP contribution in [0.4, 0.5) is 14.5 Å². The van der Waals surface area contributed by atoms with Crippen LogP contribution in [0.2, 0.25) is 5.02 Å². The molecule has 0 aliphatic carbocycles. The summed E-state index contributed by atoms with van der Waals surface area (Å²) in [6.07, 6.45) is 0. The molecule has 0 spiro atoms. The molecule has 0 aliphatic heterocycles. The highest BCUT2D eigenvalue weighted by Crippen LogP contribution is 2.26. The molecule has 6 heteroatoms. The van der Waals surface area contributed by atoms with E-state index in [9.17, 15) is 13.6 Å². The molecule has 0 fully saturated rings. The summed E-state index contributed by atoms with van der Waals surface area (Å²) in [5.41, 5.74) is 0.0655. The number of hydrogen-bond donors (Lipinski definition) is 2. The number of phenolic OH excluding ortho intramolecular Hbond substituents is 1. The normalized spacial score (nSPS) is 10.3. The maximum absolute atomic E-state index is 13.0. The van der Waals surface area contributed by atoms with Crippen molar-refractivity contribution in [3.8, 4) is 5.75 Å². The molecule has 0 unspecified atom stereocenters. The summed E-state index contributed by atoms with van der Waals surface area (Å²) in [5, 5.41) is 11.7. The van der Waals surface area contributed by atoms with Gasteiger partial charge >= 0.3 is 0 Å². The molecule has 98 valence electrons. The molecule has 0 atom stereocenters. The van der Waals surface area contributed by atoms with E-state index in [1.54, 1.807) is 0 Å². The van der Waals surface area contributed by atoms with Crippen LogP contribution in [0.25, 0.3) is 0 Å². The predicted molar refractivity (Wildman–Crippen MR) is 67.4 cm³/mol. The Hall–Kier alpha value is -2.14. The molecular formula is C13H8ClF2NO2. The van der Waals surface area contributed by atoms with Crippen molar-refractivity contribution in [2.45, 2.75) is 0 Å². The van der Waals surface area contributed by atoms with E-state index in [0.717, 1.165) is 12.1 Å². The van der Waals surface area contributed by atoms with Gasteiger partial charge in [-0.3, -0.25) is 4.79 Å². The number of rotatable bonds is 2. The van der Waals surface area contributed by atoms with Gasteiger partial charge < -0.3 is 10.4 Å². The van der Waals surface area contributed by atoms with Gasteiger partial charge in [0.15, 0.2) is 0 Å². The highest BCUT2D eigenvalue weighted by molar-refractivity contribution is 6.34. The predicted octanol–water partition coefficient (Wildman–Crippen LogP) is 3.58. The van der Waals surface area contributed by atoms with E-state index in [-0.39, 0.29) is 22.0 Å². The number of nitrogens with one attached hydrogen (secondary N) is 1. The average Bonchev–Trinajstić information content (AvgIpc) is 2.31. The molecule has 2 rings (SSSR count). The van der Waals surface area contributed by atoms with Gasteiger partial charge in [-0.15, -0.1) is 0 Å². The minimum absolute atomic E-state index is 0.0557. The molecule has 0 saturated heterocycles. The summed E-state index contributed by atoms with van der Waals surface area (Å²) in [4.78, 5) is 11.8. The van der Waals surface area contributed by atoms with Gasteiger partial charge in [0.2, 0.25) is 0 Å². The van der Waals surface area contributed by atoms with Gasteiger partial charge in [-0.1, -0.05) is 11.6 Å². The summed E-state index contributed by atoms with van der Waals surface area (Å²) in [7, 11) is 0. The highest BCUT2D eigenvalue weighted by Gasteiger charge is 2.11. The van der Waals surface area contributed by atoms with E-state index in [2.05, 4.69) is 5.32 Å². The average molecular weight is 284 g/mol. The molecule has 0 heterocycles. The molecule has 2 aromatic carbocycles. The van der Waals surface area contributed by atoms with Crippen LogP contribution in [0.3, 0.4) is 0 Å². The Morgan fingerprint density at radius 1 is 1.11 bits per heavy atom.